The molecule has 0 atom stereocenters. The lowest BCUT2D eigenvalue weighted by molar-refractivity contribution is -0.357. The Labute approximate surface area is 110 Å². The highest BCUT2D eigenvalue weighted by molar-refractivity contribution is 6.30. The Morgan fingerprint density at radius 3 is 2.61 bits per heavy atom. The maximum atomic E-state index is 13.4. The van der Waals surface area contributed by atoms with E-state index in [1.165, 1.54) is 18.3 Å². The zero-order valence-corrected chi connectivity index (χ0v) is 10.5. The summed E-state index contributed by atoms with van der Waals surface area (Å²) in [6.45, 7) is 1.84. The molecule has 0 fully saturated rings. The summed E-state index contributed by atoms with van der Waals surface area (Å²) in [5, 5.41) is 12.5. The first-order valence-corrected chi connectivity index (χ1v) is 5.77. The molecule has 0 N–H and O–H groups in total. The van der Waals surface area contributed by atoms with Gasteiger partial charge in [0.1, 0.15) is 0 Å². The molecule has 2 rings (SSSR count). The minimum Gasteiger partial charge on any atom is -0.618 e. The molecule has 0 unspecified atom stereocenters. The van der Waals surface area contributed by atoms with Crippen molar-refractivity contribution in [1.82, 2.24) is 0 Å². The Kier molecular flexibility index (Phi) is 3.63. The van der Waals surface area contributed by atoms with Gasteiger partial charge < -0.3 is 5.21 Å². The number of para-hydroxylation sites is 1. The molecular weight excluding hydrogens is 253 g/mol. The third-order valence-corrected chi connectivity index (χ3v) is 2.81. The molecule has 0 aliphatic heterocycles. The fraction of sp³-hybridized carbons (Fsp3) is 0.0714. The summed E-state index contributed by atoms with van der Waals surface area (Å²) in [6.07, 6.45) is 1.34. The molecule has 92 valence electrons. The van der Waals surface area contributed by atoms with Crippen molar-refractivity contribution in [1.29, 1.82) is 0 Å². The van der Waals surface area contributed by atoms with Crippen LogP contribution in [0.5, 0.6) is 0 Å². The molecule has 0 saturated heterocycles. The van der Waals surface area contributed by atoms with Gasteiger partial charge in [-0.1, -0.05) is 23.7 Å². The molecular formula is C14H11ClFNO. The maximum absolute atomic E-state index is 13.4. The van der Waals surface area contributed by atoms with Crippen molar-refractivity contribution in [2.45, 2.75) is 6.92 Å². The molecule has 0 bridgehead atoms. The van der Waals surface area contributed by atoms with Crippen LogP contribution in [-0.4, -0.2) is 11.0 Å². The molecule has 0 heterocycles. The number of nitrogens with zero attached hydrogens (tertiary/aromatic N) is 1. The molecule has 0 aliphatic carbocycles. The second-order valence-electron chi connectivity index (χ2n) is 3.91. The Morgan fingerprint density at radius 1 is 1.22 bits per heavy atom. The number of benzene rings is 2. The zero-order chi connectivity index (χ0) is 13.1. The second-order valence-corrected chi connectivity index (χ2v) is 4.34. The summed E-state index contributed by atoms with van der Waals surface area (Å²) in [5.41, 5.74) is 1.56. The quantitative estimate of drug-likeness (QED) is 0.347. The van der Waals surface area contributed by atoms with Crippen molar-refractivity contribution in [2.75, 3.05) is 0 Å². The lowest BCUT2D eigenvalue weighted by atomic mass is 10.1. The standard InChI is InChI=1S/C14H11ClFNO/c1-10-8-12(15)7-6-11(10)9-17(18)14-5-3-2-4-13(14)16/h2-9H,1H3. The minimum absolute atomic E-state index is 0.00755. The second kappa shape index (κ2) is 5.19. The summed E-state index contributed by atoms with van der Waals surface area (Å²) in [6, 6.07) is 11.0. The van der Waals surface area contributed by atoms with Gasteiger partial charge in [0.05, 0.1) is 0 Å². The van der Waals surface area contributed by atoms with Crippen molar-refractivity contribution in [3.8, 4) is 0 Å². The van der Waals surface area contributed by atoms with Gasteiger partial charge >= 0.3 is 0 Å². The van der Waals surface area contributed by atoms with Gasteiger partial charge in [-0.05, 0) is 36.8 Å². The van der Waals surface area contributed by atoms with E-state index in [1.807, 2.05) is 6.92 Å². The fourth-order valence-electron chi connectivity index (χ4n) is 1.61. The SMILES string of the molecule is Cc1cc(Cl)ccc1C=[N+]([O-])c1ccccc1F. The van der Waals surface area contributed by atoms with E-state index >= 15 is 0 Å². The molecule has 0 aliphatic rings. The topological polar surface area (TPSA) is 26.1 Å². The van der Waals surface area contributed by atoms with Crippen LogP contribution in [0.1, 0.15) is 11.1 Å². The predicted molar refractivity (Wildman–Crippen MR) is 71.0 cm³/mol. The molecule has 0 aromatic heterocycles. The summed E-state index contributed by atoms with van der Waals surface area (Å²) in [4.78, 5) is 0. The highest BCUT2D eigenvalue weighted by Crippen LogP contribution is 2.17. The Bertz CT molecular complexity index is 610. The average molecular weight is 264 g/mol. The predicted octanol–water partition coefficient (Wildman–Crippen LogP) is 4.05. The third kappa shape index (κ3) is 2.68. The van der Waals surface area contributed by atoms with E-state index in [-0.39, 0.29) is 5.69 Å². The summed E-state index contributed by atoms with van der Waals surface area (Å²) in [7, 11) is 0. The molecule has 0 spiro atoms. The minimum atomic E-state index is -0.546. The highest BCUT2D eigenvalue weighted by atomic mass is 35.5. The van der Waals surface area contributed by atoms with Crippen LogP contribution in [0, 0.1) is 17.9 Å². The van der Waals surface area contributed by atoms with E-state index in [0.29, 0.717) is 15.3 Å². The molecule has 2 aromatic carbocycles. The van der Waals surface area contributed by atoms with E-state index < -0.39 is 5.82 Å². The van der Waals surface area contributed by atoms with Crippen molar-refractivity contribution in [3.05, 3.63) is 69.6 Å². The fourth-order valence-corrected chi connectivity index (χ4v) is 1.84. The molecule has 2 nitrogen and oxygen atoms in total. The first-order valence-electron chi connectivity index (χ1n) is 5.40. The smallest absolute Gasteiger partial charge is 0.252 e. The Hall–Kier alpha value is -1.87. The molecule has 0 amide bonds. The van der Waals surface area contributed by atoms with Crippen LogP contribution in [-0.2, 0) is 0 Å². The van der Waals surface area contributed by atoms with Crippen LogP contribution >= 0.6 is 11.6 Å². The monoisotopic (exact) mass is 263 g/mol. The first-order chi connectivity index (χ1) is 8.58. The molecule has 0 saturated carbocycles. The van der Waals surface area contributed by atoms with Gasteiger partial charge in [-0.25, -0.2) is 0 Å². The summed E-state index contributed by atoms with van der Waals surface area (Å²) >= 11 is 5.83. The zero-order valence-electron chi connectivity index (χ0n) is 9.73. The van der Waals surface area contributed by atoms with Crippen LogP contribution in [0.2, 0.25) is 5.02 Å². The highest BCUT2D eigenvalue weighted by Gasteiger charge is 2.09. The van der Waals surface area contributed by atoms with Crippen LogP contribution < -0.4 is 0 Å². The van der Waals surface area contributed by atoms with Gasteiger partial charge in [-0.2, -0.15) is 9.13 Å². The number of rotatable bonds is 2. The van der Waals surface area contributed by atoms with Gasteiger partial charge in [0, 0.05) is 16.7 Å². The summed E-state index contributed by atoms with van der Waals surface area (Å²) < 4.78 is 13.9. The normalized spacial score (nSPS) is 11.6. The average Bonchev–Trinajstić information content (AvgIpc) is 2.33. The van der Waals surface area contributed by atoms with E-state index in [1.54, 1.807) is 30.3 Å². The number of hydrogen-bond donors (Lipinski definition) is 0. The lowest BCUT2D eigenvalue weighted by Crippen LogP contribution is -2.02. The van der Waals surface area contributed by atoms with Gasteiger partial charge in [0.2, 0.25) is 0 Å². The van der Waals surface area contributed by atoms with Crippen molar-refractivity contribution >= 4 is 23.5 Å². The van der Waals surface area contributed by atoms with Gasteiger partial charge in [-0.15, -0.1) is 0 Å². The van der Waals surface area contributed by atoms with E-state index in [2.05, 4.69) is 0 Å². The largest absolute Gasteiger partial charge is 0.618 e. The maximum Gasteiger partial charge on any atom is 0.252 e. The van der Waals surface area contributed by atoms with Crippen LogP contribution in [0.4, 0.5) is 10.1 Å². The summed E-state index contributed by atoms with van der Waals surface area (Å²) in [5.74, 6) is -0.546. The first kappa shape index (κ1) is 12.6. The van der Waals surface area contributed by atoms with E-state index in [0.717, 1.165) is 5.56 Å². The third-order valence-electron chi connectivity index (χ3n) is 2.58. The lowest BCUT2D eigenvalue weighted by Gasteiger charge is -2.05. The van der Waals surface area contributed by atoms with Crippen LogP contribution in [0.25, 0.3) is 0 Å². The molecule has 4 heteroatoms. The van der Waals surface area contributed by atoms with Gasteiger partial charge in [0.25, 0.3) is 5.69 Å². The van der Waals surface area contributed by atoms with Gasteiger partial charge in [-0.3, -0.25) is 0 Å². The number of halogens is 2. The van der Waals surface area contributed by atoms with Crippen molar-refractivity contribution in [3.63, 3.8) is 0 Å². The Balaban J connectivity index is 2.42. The van der Waals surface area contributed by atoms with Crippen LogP contribution in [0.15, 0.2) is 42.5 Å². The Morgan fingerprint density at radius 2 is 1.94 bits per heavy atom. The number of hydrogen-bond acceptors (Lipinski definition) is 1. The van der Waals surface area contributed by atoms with Crippen molar-refractivity contribution in [2.24, 2.45) is 0 Å². The molecule has 18 heavy (non-hydrogen) atoms. The number of aryl methyl sites for hydroxylation is 1. The van der Waals surface area contributed by atoms with Gasteiger partial charge in [0.15, 0.2) is 12.0 Å². The van der Waals surface area contributed by atoms with E-state index in [9.17, 15) is 9.60 Å². The van der Waals surface area contributed by atoms with Crippen molar-refractivity contribution < 1.29 is 9.13 Å². The molecule has 0 radical (unpaired) electrons. The molecule has 2 aromatic rings. The van der Waals surface area contributed by atoms with Crippen LogP contribution in [0.3, 0.4) is 0 Å². The van der Waals surface area contributed by atoms with E-state index in [4.69, 9.17) is 11.6 Å².